The highest BCUT2D eigenvalue weighted by atomic mass is 79.9. The van der Waals surface area contributed by atoms with Gasteiger partial charge in [-0.3, -0.25) is 4.79 Å². The average Bonchev–Trinajstić information content (AvgIpc) is 2.20. The van der Waals surface area contributed by atoms with Gasteiger partial charge in [0.05, 0.1) is 0 Å². The van der Waals surface area contributed by atoms with Crippen molar-refractivity contribution in [3.63, 3.8) is 0 Å². The van der Waals surface area contributed by atoms with Crippen molar-refractivity contribution in [3.05, 3.63) is 34.1 Å². The van der Waals surface area contributed by atoms with E-state index in [0.717, 1.165) is 0 Å². The molecule has 86 valence electrons. The summed E-state index contributed by atoms with van der Waals surface area (Å²) in [6, 6.07) is 2.94. The summed E-state index contributed by atoms with van der Waals surface area (Å²) in [6.45, 7) is 0. The van der Waals surface area contributed by atoms with Crippen molar-refractivity contribution >= 4 is 28.3 Å². The highest BCUT2D eigenvalue weighted by Gasteiger charge is 2.18. The van der Waals surface area contributed by atoms with Crippen LogP contribution in [0.1, 0.15) is 5.56 Å². The number of carbonyl (C=O) groups is 2. The molecule has 1 unspecified atom stereocenters. The topological polar surface area (TPSA) is 66.4 Å². The minimum atomic E-state index is -1.14. The van der Waals surface area contributed by atoms with Crippen molar-refractivity contribution in [2.45, 2.75) is 12.5 Å². The molecule has 16 heavy (non-hydrogen) atoms. The van der Waals surface area contributed by atoms with Crippen molar-refractivity contribution < 1.29 is 19.1 Å². The largest absolute Gasteiger partial charge is 0.480 e. The number of hydrogen-bond donors (Lipinski definition) is 2. The molecular weight excluding hydrogens is 281 g/mol. The van der Waals surface area contributed by atoms with Crippen LogP contribution in [-0.2, 0) is 16.0 Å². The van der Waals surface area contributed by atoms with Crippen LogP contribution in [0, 0.1) is 5.82 Å². The summed E-state index contributed by atoms with van der Waals surface area (Å²) in [5.41, 5.74) is 0.614. The van der Waals surface area contributed by atoms with E-state index in [4.69, 9.17) is 5.11 Å². The van der Waals surface area contributed by atoms with Crippen molar-refractivity contribution in [2.75, 3.05) is 0 Å². The Morgan fingerprint density at radius 1 is 1.62 bits per heavy atom. The number of rotatable bonds is 5. The average molecular weight is 290 g/mol. The number of carboxylic acids is 1. The molecule has 1 aromatic rings. The third-order valence-corrected chi connectivity index (χ3v) is 2.74. The highest BCUT2D eigenvalue weighted by molar-refractivity contribution is 9.10. The van der Waals surface area contributed by atoms with Gasteiger partial charge >= 0.3 is 5.97 Å². The molecule has 0 spiro atoms. The molecule has 0 heterocycles. The lowest BCUT2D eigenvalue weighted by Gasteiger charge is -2.12. The monoisotopic (exact) mass is 289 g/mol. The molecule has 1 atom stereocenters. The fourth-order valence-electron chi connectivity index (χ4n) is 1.21. The van der Waals surface area contributed by atoms with Crippen LogP contribution in [0.2, 0.25) is 0 Å². The molecule has 0 aliphatic rings. The highest BCUT2D eigenvalue weighted by Crippen LogP contribution is 2.19. The standard InChI is InChI=1S/C10H9BrFNO3/c11-8-4-7(12)2-1-6(8)3-9(10(15)16)13-5-14/h1-2,4-5,9H,3H2,(H,13,14)(H,15,16). The molecule has 6 heteroatoms. The summed E-state index contributed by atoms with van der Waals surface area (Å²) in [5, 5.41) is 11.0. The first-order valence-electron chi connectivity index (χ1n) is 4.41. The Balaban J connectivity index is 2.84. The smallest absolute Gasteiger partial charge is 0.326 e. The zero-order chi connectivity index (χ0) is 12.1. The molecule has 1 rings (SSSR count). The first-order chi connectivity index (χ1) is 7.54. The van der Waals surface area contributed by atoms with Gasteiger partial charge < -0.3 is 10.4 Å². The Hall–Kier alpha value is -1.43. The van der Waals surface area contributed by atoms with Crippen LogP contribution in [0.4, 0.5) is 4.39 Å². The minimum absolute atomic E-state index is 0.0922. The van der Waals surface area contributed by atoms with Gasteiger partial charge in [-0.2, -0.15) is 0 Å². The second kappa shape index (κ2) is 5.60. The quantitative estimate of drug-likeness (QED) is 0.804. The van der Waals surface area contributed by atoms with Gasteiger partial charge in [0, 0.05) is 10.9 Å². The maximum atomic E-state index is 12.8. The lowest BCUT2D eigenvalue weighted by Crippen LogP contribution is -2.37. The molecule has 4 nitrogen and oxygen atoms in total. The Bertz CT molecular complexity index is 411. The van der Waals surface area contributed by atoms with Crippen molar-refractivity contribution in [1.29, 1.82) is 0 Å². The number of hydrogen-bond acceptors (Lipinski definition) is 2. The molecule has 0 fully saturated rings. The van der Waals surface area contributed by atoms with Crippen LogP contribution in [-0.4, -0.2) is 23.5 Å². The molecule has 1 amide bonds. The lowest BCUT2D eigenvalue weighted by molar-refractivity contribution is -0.140. The molecule has 0 aliphatic heterocycles. The van der Waals surface area contributed by atoms with E-state index in [2.05, 4.69) is 21.2 Å². The summed E-state index contributed by atoms with van der Waals surface area (Å²) in [4.78, 5) is 21.0. The first-order valence-corrected chi connectivity index (χ1v) is 5.20. The van der Waals surface area contributed by atoms with Crippen LogP contribution in [0.5, 0.6) is 0 Å². The fourth-order valence-corrected chi connectivity index (χ4v) is 1.72. The number of benzene rings is 1. The second-order valence-electron chi connectivity index (χ2n) is 3.12. The van der Waals surface area contributed by atoms with Crippen LogP contribution >= 0.6 is 15.9 Å². The maximum Gasteiger partial charge on any atom is 0.326 e. The van der Waals surface area contributed by atoms with Gasteiger partial charge in [0.25, 0.3) is 0 Å². The van der Waals surface area contributed by atoms with Gasteiger partial charge in [-0.25, -0.2) is 9.18 Å². The zero-order valence-corrected chi connectivity index (χ0v) is 9.70. The molecule has 2 N–H and O–H groups in total. The number of carboxylic acid groups (broad SMARTS) is 1. The number of halogens is 2. The summed E-state index contributed by atoms with van der Waals surface area (Å²) >= 11 is 3.13. The molecule has 0 radical (unpaired) electrons. The Labute approximate surface area is 99.6 Å². The van der Waals surface area contributed by atoms with E-state index in [1.54, 1.807) is 0 Å². The third kappa shape index (κ3) is 3.30. The number of aliphatic carboxylic acids is 1. The van der Waals surface area contributed by atoms with E-state index in [0.29, 0.717) is 16.4 Å². The summed E-state index contributed by atoms with van der Waals surface area (Å²) in [6.07, 6.45) is 0.422. The molecular formula is C10H9BrFNO3. The molecule has 0 bridgehead atoms. The lowest BCUT2D eigenvalue weighted by atomic mass is 10.1. The Kier molecular flexibility index (Phi) is 4.42. The van der Waals surface area contributed by atoms with E-state index in [9.17, 15) is 14.0 Å². The summed E-state index contributed by atoms with van der Waals surface area (Å²) < 4.78 is 13.3. The number of carbonyl (C=O) groups excluding carboxylic acids is 1. The van der Waals surface area contributed by atoms with Crippen LogP contribution in [0.3, 0.4) is 0 Å². The van der Waals surface area contributed by atoms with Gasteiger partial charge in [-0.05, 0) is 17.7 Å². The molecule has 0 saturated heterocycles. The van der Waals surface area contributed by atoms with E-state index in [1.165, 1.54) is 18.2 Å². The third-order valence-electron chi connectivity index (χ3n) is 2.01. The first kappa shape index (κ1) is 12.6. The van der Waals surface area contributed by atoms with E-state index in [1.807, 2.05) is 0 Å². The van der Waals surface area contributed by atoms with Gasteiger partial charge in [0.2, 0.25) is 6.41 Å². The van der Waals surface area contributed by atoms with Gasteiger partial charge in [0.1, 0.15) is 11.9 Å². The SMILES string of the molecule is O=CNC(Cc1ccc(F)cc1Br)C(=O)O. The van der Waals surface area contributed by atoms with E-state index >= 15 is 0 Å². The van der Waals surface area contributed by atoms with Crippen LogP contribution in [0.15, 0.2) is 22.7 Å². The second-order valence-corrected chi connectivity index (χ2v) is 3.97. The fraction of sp³-hybridized carbons (Fsp3) is 0.200. The zero-order valence-electron chi connectivity index (χ0n) is 8.11. The van der Waals surface area contributed by atoms with Crippen molar-refractivity contribution in [2.24, 2.45) is 0 Å². The summed E-state index contributed by atoms with van der Waals surface area (Å²) in [5.74, 6) is -1.55. The van der Waals surface area contributed by atoms with E-state index in [-0.39, 0.29) is 6.42 Å². The Morgan fingerprint density at radius 2 is 2.31 bits per heavy atom. The summed E-state index contributed by atoms with van der Waals surface area (Å²) in [7, 11) is 0. The predicted molar refractivity (Wildman–Crippen MR) is 58.4 cm³/mol. The minimum Gasteiger partial charge on any atom is -0.480 e. The van der Waals surface area contributed by atoms with Gasteiger partial charge in [-0.1, -0.05) is 22.0 Å². The van der Waals surface area contributed by atoms with Crippen molar-refractivity contribution in [1.82, 2.24) is 5.32 Å². The van der Waals surface area contributed by atoms with Crippen LogP contribution < -0.4 is 5.32 Å². The Morgan fingerprint density at radius 3 is 2.81 bits per heavy atom. The van der Waals surface area contributed by atoms with E-state index < -0.39 is 17.8 Å². The number of amides is 1. The predicted octanol–water partition coefficient (Wildman–Crippen LogP) is 1.33. The number of nitrogens with one attached hydrogen (secondary N) is 1. The van der Waals surface area contributed by atoms with Gasteiger partial charge in [-0.15, -0.1) is 0 Å². The van der Waals surface area contributed by atoms with Crippen molar-refractivity contribution in [3.8, 4) is 0 Å². The molecule has 0 aromatic heterocycles. The van der Waals surface area contributed by atoms with Gasteiger partial charge in [0.15, 0.2) is 0 Å². The van der Waals surface area contributed by atoms with Crippen LogP contribution in [0.25, 0.3) is 0 Å². The molecule has 0 saturated carbocycles. The normalized spacial score (nSPS) is 11.9. The molecule has 1 aromatic carbocycles. The maximum absolute atomic E-state index is 12.8. The molecule has 0 aliphatic carbocycles.